The molecule has 1 N–H and O–H groups in total. The smallest absolute Gasteiger partial charge is 0.376 e. The lowest BCUT2D eigenvalue weighted by Gasteiger charge is -2.17. The zero-order valence-corrected chi connectivity index (χ0v) is 12.2. The Hall–Kier alpha value is -1.69. The van der Waals surface area contributed by atoms with Crippen molar-refractivity contribution in [2.45, 2.75) is 24.0 Å². The van der Waals surface area contributed by atoms with E-state index in [1.54, 1.807) is 30.5 Å². The molecule has 0 aliphatic rings. The Morgan fingerprint density at radius 3 is 2.52 bits per heavy atom. The van der Waals surface area contributed by atoms with Crippen LogP contribution in [0.4, 0.5) is 18.9 Å². The van der Waals surface area contributed by atoms with Crippen LogP contribution in [-0.4, -0.2) is 16.9 Å². The lowest BCUT2D eigenvalue weighted by Crippen LogP contribution is -2.12. The SMILES string of the molecule is CC(Nc1ccccc1SCC(F)(F)F)c1ccccn1. The first-order chi connectivity index (χ1) is 9.96. The molecule has 1 atom stereocenters. The van der Waals surface area contributed by atoms with Gasteiger partial charge in [0.05, 0.1) is 17.5 Å². The third kappa shape index (κ3) is 4.97. The fraction of sp³-hybridized carbons (Fsp3) is 0.267. The van der Waals surface area contributed by atoms with Crippen LogP contribution in [0.1, 0.15) is 18.7 Å². The van der Waals surface area contributed by atoms with Crippen LogP contribution >= 0.6 is 11.8 Å². The van der Waals surface area contributed by atoms with Crippen LogP contribution in [0.25, 0.3) is 0 Å². The standard InChI is InChI=1S/C15H15F3N2S/c1-11(12-6-4-5-9-19-12)20-13-7-2-3-8-14(13)21-10-15(16,17)18/h2-9,11,20H,10H2,1H3. The Morgan fingerprint density at radius 1 is 1.14 bits per heavy atom. The summed E-state index contributed by atoms with van der Waals surface area (Å²) in [5, 5.41) is 3.21. The molecule has 0 fully saturated rings. The van der Waals surface area contributed by atoms with Gasteiger partial charge < -0.3 is 5.32 Å². The Kier molecular flexibility index (Phi) is 5.12. The highest BCUT2D eigenvalue weighted by molar-refractivity contribution is 7.99. The predicted molar refractivity (Wildman–Crippen MR) is 79.5 cm³/mol. The molecule has 1 unspecified atom stereocenters. The molecule has 0 saturated carbocycles. The van der Waals surface area contributed by atoms with E-state index < -0.39 is 11.9 Å². The Labute approximate surface area is 125 Å². The third-order valence-electron chi connectivity index (χ3n) is 2.78. The summed E-state index contributed by atoms with van der Waals surface area (Å²) in [6.45, 7) is 1.92. The number of hydrogen-bond acceptors (Lipinski definition) is 3. The molecule has 0 saturated heterocycles. The van der Waals surface area contributed by atoms with Crippen molar-refractivity contribution in [2.24, 2.45) is 0 Å². The molecule has 6 heteroatoms. The van der Waals surface area contributed by atoms with Crippen LogP contribution < -0.4 is 5.32 Å². The average Bonchev–Trinajstić information content (AvgIpc) is 2.46. The Balaban J connectivity index is 2.09. The number of pyridine rings is 1. The zero-order chi connectivity index (χ0) is 15.3. The highest BCUT2D eigenvalue weighted by Gasteiger charge is 2.27. The first kappa shape index (κ1) is 15.7. The lowest BCUT2D eigenvalue weighted by molar-refractivity contribution is -0.105. The summed E-state index contributed by atoms with van der Waals surface area (Å²) in [6.07, 6.45) is -2.48. The molecule has 2 aromatic rings. The van der Waals surface area contributed by atoms with Gasteiger partial charge in [0.1, 0.15) is 0 Å². The number of halogens is 3. The number of hydrogen-bond donors (Lipinski definition) is 1. The first-order valence-electron chi connectivity index (χ1n) is 6.42. The van der Waals surface area contributed by atoms with Crippen molar-refractivity contribution >= 4 is 17.4 Å². The van der Waals surface area contributed by atoms with E-state index in [1.165, 1.54) is 0 Å². The predicted octanol–water partition coefficient (Wildman–Crippen LogP) is 4.91. The highest BCUT2D eigenvalue weighted by Crippen LogP contribution is 2.33. The molecule has 0 aliphatic heterocycles. The van der Waals surface area contributed by atoms with E-state index in [0.29, 0.717) is 10.6 Å². The lowest BCUT2D eigenvalue weighted by atomic mass is 10.2. The normalized spacial score (nSPS) is 13.0. The van der Waals surface area contributed by atoms with Crippen molar-refractivity contribution in [1.29, 1.82) is 0 Å². The maximum absolute atomic E-state index is 12.3. The van der Waals surface area contributed by atoms with Crippen molar-refractivity contribution in [3.8, 4) is 0 Å². The summed E-state index contributed by atoms with van der Waals surface area (Å²) in [7, 11) is 0. The number of rotatable bonds is 5. The second kappa shape index (κ2) is 6.85. The molecule has 2 nitrogen and oxygen atoms in total. The number of thioether (sulfide) groups is 1. The van der Waals surface area contributed by atoms with Crippen LogP contribution in [0.3, 0.4) is 0 Å². The van der Waals surface area contributed by atoms with Gasteiger partial charge in [-0.2, -0.15) is 13.2 Å². The first-order valence-corrected chi connectivity index (χ1v) is 7.40. The van der Waals surface area contributed by atoms with E-state index in [9.17, 15) is 13.2 Å². The van der Waals surface area contributed by atoms with Crippen LogP contribution in [0.5, 0.6) is 0 Å². The quantitative estimate of drug-likeness (QED) is 0.794. The van der Waals surface area contributed by atoms with Gasteiger partial charge in [0, 0.05) is 16.8 Å². The Bertz CT molecular complexity index is 573. The number of nitrogens with one attached hydrogen (secondary N) is 1. The molecular formula is C15H15F3N2S. The Morgan fingerprint density at radius 2 is 1.86 bits per heavy atom. The van der Waals surface area contributed by atoms with E-state index in [1.807, 2.05) is 25.1 Å². The van der Waals surface area contributed by atoms with E-state index in [0.717, 1.165) is 17.5 Å². The largest absolute Gasteiger partial charge is 0.398 e. The molecular weight excluding hydrogens is 297 g/mol. The maximum Gasteiger partial charge on any atom is 0.398 e. The highest BCUT2D eigenvalue weighted by atomic mass is 32.2. The molecule has 0 radical (unpaired) electrons. The topological polar surface area (TPSA) is 24.9 Å². The molecule has 112 valence electrons. The molecule has 0 amide bonds. The summed E-state index contributed by atoms with van der Waals surface area (Å²) in [6, 6.07) is 12.5. The second-order valence-corrected chi connectivity index (χ2v) is 5.54. The van der Waals surface area contributed by atoms with Crippen molar-refractivity contribution in [2.75, 3.05) is 11.1 Å². The molecule has 1 heterocycles. The van der Waals surface area contributed by atoms with Gasteiger partial charge >= 0.3 is 6.18 Å². The van der Waals surface area contributed by atoms with Gasteiger partial charge in [-0.1, -0.05) is 18.2 Å². The van der Waals surface area contributed by atoms with Crippen molar-refractivity contribution < 1.29 is 13.2 Å². The van der Waals surface area contributed by atoms with Crippen LogP contribution in [0.2, 0.25) is 0 Å². The number of benzene rings is 1. The van der Waals surface area contributed by atoms with Crippen LogP contribution in [-0.2, 0) is 0 Å². The fourth-order valence-electron chi connectivity index (χ4n) is 1.81. The summed E-state index contributed by atoms with van der Waals surface area (Å²) < 4.78 is 37.0. The number of nitrogens with zero attached hydrogens (tertiary/aromatic N) is 1. The minimum Gasteiger partial charge on any atom is -0.376 e. The average molecular weight is 312 g/mol. The van der Waals surface area contributed by atoms with Crippen molar-refractivity contribution in [3.05, 3.63) is 54.4 Å². The minimum absolute atomic E-state index is 0.0844. The zero-order valence-electron chi connectivity index (χ0n) is 11.4. The third-order valence-corrected chi connectivity index (χ3v) is 3.92. The summed E-state index contributed by atoms with van der Waals surface area (Å²) >= 11 is 0.783. The van der Waals surface area contributed by atoms with Gasteiger partial charge in [-0.25, -0.2) is 0 Å². The summed E-state index contributed by atoms with van der Waals surface area (Å²) in [5.41, 5.74) is 1.53. The molecule has 0 bridgehead atoms. The van der Waals surface area contributed by atoms with Gasteiger partial charge in [0.25, 0.3) is 0 Å². The van der Waals surface area contributed by atoms with Gasteiger partial charge in [-0.05, 0) is 31.2 Å². The molecule has 0 aliphatic carbocycles. The monoisotopic (exact) mass is 312 g/mol. The fourth-order valence-corrected chi connectivity index (χ4v) is 2.59. The van der Waals surface area contributed by atoms with Crippen molar-refractivity contribution in [3.63, 3.8) is 0 Å². The van der Waals surface area contributed by atoms with Crippen LogP contribution in [0.15, 0.2) is 53.6 Å². The summed E-state index contributed by atoms with van der Waals surface area (Å²) in [4.78, 5) is 4.82. The molecule has 2 rings (SSSR count). The van der Waals surface area contributed by atoms with Gasteiger partial charge in [-0.15, -0.1) is 11.8 Å². The summed E-state index contributed by atoms with van der Waals surface area (Å²) in [5.74, 6) is -0.899. The number of aromatic nitrogens is 1. The van der Waals surface area contributed by atoms with E-state index in [4.69, 9.17) is 0 Å². The van der Waals surface area contributed by atoms with Crippen LogP contribution in [0, 0.1) is 0 Å². The van der Waals surface area contributed by atoms with E-state index in [2.05, 4.69) is 10.3 Å². The molecule has 0 spiro atoms. The number of alkyl halides is 3. The van der Waals surface area contributed by atoms with Gasteiger partial charge in [-0.3, -0.25) is 4.98 Å². The van der Waals surface area contributed by atoms with E-state index >= 15 is 0 Å². The number of para-hydroxylation sites is 1. The maximum atomic E-state index is 12.3. The van der Waals surface area contributed by atoms with Gasteiger partial charge in [0.15, 0.2) is 0 Å². The number of anilines is 1. The molecule has 1 aromatic carbocycles. The molecule has 21 heavy (non-hydrogen) atoms. The molecule has 1 aromatic heterocycles. The van der Waals surface area contributed by atoms with E-state index in [-0.39, 0.29) is 6.04 Å². The minimum atomic E-state index is -4.18. The van der Waals surface area contributed by atoms with Gasteiger partial charge in [0.2, 0.25) is 0 Å². The second-order valence-electron chi connectivity index (χ2n) is 4.52. The van der Waals surface area contributed by atoms with Crippen molar-refractivity contribution in [1.82, 2.24) is 4.98 Å².